The number of methoxy groups -OCH3 is 1. The van der Waals surface area contributed by atoms with Gasteiger partial charge in [0.1, 0.15) is 5.75 Å². The SMILES string of the molecule is CCC(C#N)CNCc1cc(C)c(OC)cc1C. The predicted octanol–water partition coefficient (Wildman–Crippen LogP) is 2.95. The summed E-state index contributed by atoms with van der Waals surface area (Å²) in [6, 6.07) is 6.51. The Morgan fingerprint density at radius 3 is 2.61 bits per heavy atom. The second-order valence-electron chi connectivity index (χ2n) is 4.61. The molecule has 0 fully saturated rings. The highest BCUT2D eigenvalue weighted by Gasteiger charge is 2.06. The standard InChI is InChI=1S/C15H22N2O/c1-5-13(8-16)9-17-10-14-6-12(3)15(18-4)7-11(14)2/h6-7,13,17H,5,9-10H2,1-4H3. The van der Waals surface area contributed by atoms with Crippen LogP contribution in [0, 0.1) is 31.1 Å². The highest BCUT2D eigenvalue weighted by atomic mass is 16.5. The predicted molar refractivity (Wildman–Crippen MR) is 73.6 cm³/mol. The van der Waals surface area contributed by atoms with Crippen molar-refractivity contribution in [2.45, 2.75) is 33.7 Å². The van der Waals surface area contributed by atoms with Gasteiger partial charge in [-0.05, 0) is 43.0 Å². The number of nitriles is 1. The molecular weight excluding hydrogens is 224 g/mol. The summed E-state index contributed by atoms with van der Waals surface area (Å²) in [5, 5.41) is 12.2. The van der Waals surface area contributed by atoms with Gasteiger partial charge in [-0.15, -0.1) is 0 Å². The second kappa shape index (κ2) is 7.03. The monoisotopic (exact) mass is 246 g/mol. The molecule has 18 heavy (non-hydrogen) atoms. The molecule has 3 nitrogen and oxygen atoms in total. The zero-order chi connectivity index (χ0) is 13.5. The maximum Gasteiger partial charge on any atom is 0.122 e. The van der Waals surface area contributed by atoms with Gasteiger partial charge < -0.3 is 10.1 Å². The van der Waals surface area contributed by atoms with Gasteiger partial charge >= 0.3 is 0 Å². The fraction of sp³-hybridized carbons (Fsp3) is 0.533. The summed E-state index contributed by atoms with van der Waals surface area (Å²) in [5.41, 5.74) is 3.63. The van der Waals surface area contributed by atoms with Crippen LogP contribution in [0.1, 0.15) is 30.0 Å². The molecule has 0 saturated heterocycles. The molecular formula is C15H22N2O. The Labute approximate surface area is 110 Å². The van der Waals surface area contributed by atoms with Gasteiger partial charge in [-0.1, -0.05) is 13.0 Å². The van der Waals surface area contributed by atoms with Crippen LogP contribution in [0.2, 0.25) is 0 Å². The van der Waals surface area contributed by atoms with Gasteiger partial charge in [0.25, 0.3) is 0 Å². The summed E-state index contributed by atoms with van der Waals surface area (Å²) >= 11 is 0. The van der Waals surface area contributed by atoms with Gasteiger partial charge in [-0.3, -0.25) is 0 Å². The largest absolute Gasteiger partial charge is 0.496 e. The zero-order valence-corrected chi connectivity index (χ0v) is 11.7. The average Bonchev–Trinajstić information content (AvgIpc) is 2.38. The molecule has 0 amide bonds. The van der Waals surface area contributed by atoms with E-state index in [4.69, 9.17) is 10.00 Å². The minimum atomic E-state index is 0.102. The Kier molecular flexibility index (Phi) is 5.67. The Morgan fingerprint density at radius 2 is 2.06 bits per heavy atom. The van der Waals surface area contributed by atoms with Crippen LogP contribution in [-0.4, -0.2) is 13.7 Å². The quantitative estimate of drug-likeness (QED) is 0.839. The van der Waals surface area contributed by atoms with Gasteiger partial charge in [-0.25, -0.2) is 0 Å². The van der Waals surface area contributed by atoms with E-state index in [1.54, 1.807) is 7.11 Å². The van der Waals surface area contributed by atoms with Crippen molar-refractivity contribution in [2.75, 3.05) is 13.7 Å². The minimum absolute atomic E-state index is 0.102. The van der Waals surface area contributed by atoms with Gasteiger partial charge in [-0.2, -0.15) is 5.26 Å². The highest BCUT2D eigenvalue weighted by Crippen LogP contribution is 2.22. The summed E-state index contributed by atoms with van der Waals surface area (Å²) in [5.74, 6) is 1.03. The third-order valence-electron chi connectivity index (χ3n) is 3.23. The van der Waals surface area contributed by atoms with E-state index in [-0.39, 0.29) is 5.92 Å². The number of hydrogen-bond acceptors (Lipinski definition) is 3. The molecule has 0 aliphatic rings. The van der Waals surface area contributed by atoms with E-state index in [0.29, 0.717) is 0 Å². The van der Waals surface area contributed by atoms with Crippen LogP contribution in [0.5, 0.6) is 5.75 Å². The van der Waals surface area contributed by atoms with Crippen LogP contribution in [-0.2, 0) is 6.54 Å². The molecule has 1 rings (SSSR count). The molecule has 98 valence electrons. The first kappa shape index (κ1) is 14.5. The normalized spacial score (nSPS) is 11.9. The average molecular weight is 246 g/mol. The Hall–Kier alpha value is -1.53. The van der Waals surface area contributed by atoms with Gasteiger partial charge in [0.15, 0.2) is 0 Å². The molecule has 1 N–H and O–H groups in total. The van der Waals surface area contributed by atoms with E-state index in [1.807, 2.05) is 13.8 Å². The first-order valence-electron chi connectivity index (χ1n) is 6.36. The molecule has 0 saturated carbocycles. The number of ether oxygens (including phenoxy) is 1. The Bertz CT molecular complexity index is 435. The van der Waals surface area contributed by atoms with Crippen LogP contribution < -0.4 is 10.1 Å². The van der Waals surface area contributed by atoms with E-state index in [9.17, 15) is 0 Å². The van der Waals surface area contributed by atoms with E-state index in [1.165, 1.54) is 11.1 Å². The molecule has 0 aromatic heterocycles. The van der Waals surface area contributed by atoms with Crippen molar-refractivity contribution >= 4 is 0 Å². The van der Waals surface area contributed by atoms with Crippen molar-refractivity contribution in [1.29, 1.82) is 5.26 Å². The van der Waals surface area contributed by atoms with E-state index < -0.39 is 0 Å². The highest BCUT2D eigenvalue weighted by molar-refractivity contribution is 5.41. The number of nitrogens with zero attached hydrogens (tertiary/aromatic N) is 1. The number of benzene rings is 1. The molecule has 1 aromatic rings. The molecule has 1 aromatic carbocycles. The lowest BCUT2D eigenvalue weighted by atomic mass is 10.0. The van der Waals surface area contributed by atoms with E-state index >= 15 is 0 Å². The minimum Gasteiger partial charge on any atom is -0.496 e. The molecule has 0 aliphatic carbocycles. The van der Waals surface area contributed by atoms with Crippen molar-refractivity contribution in [3.05, 3.63) is 28.8 Å². The first-order chi connectivity index (χ1) is 8.62. The molecule has 0 aliphatic heterocycles. The summed E-state index contributed by atoms with van der Waals surface area (Å²) in [6.07, 6.45) is 0.893. The molecule has 3 heteroatoms. The van der Waals surface area contributed by atoms with Gasteiger partial charge in [0.05, 0.1) is 19.1 Å². The van der Waals surface area contributed by atoms with E-state index in [0.717, 1.165) is 30.8 Å². The second-order valence-corrected chi connectivity index (χ2v) is 4.61. The van der Waals surface area contributed by atoms with Crippen molar-refractivity contribution < 1.29 is 4.74 Å². The number of nitrogens with one attached hydrogen (secondary N) is 1. The third kappa shape index (κ3) is 3.75. The maximum atomic E-state index is 8.88. The number of rotatable bonds is 6. The van der Waals surface area contributed by atoms with E-state index in [2.05, 4.69) is 30.4 Å². The first-order valence-corrected chi connectivity index (χ1v) is 6.36. The van der Waals surface area contributed by atoms with Crippen molar-refractivity contribution in [2.24, 2.45) is 5.92 Å². The number of hydrogen-bond donors (Lipinski definition) is 1. The summed E-state index contributed by atoms with van der Waals surface area (Å²) in [4.78, 5) is 0. The van der Waals surface area contributed by atoms with Crippen molar-refractivity contribution in [3.63, 3.8) is 0 Å². The molecule has 0 spiro atoms. The molecule has 0 radical (unpaired) electrons. The van der Waals surface area contributed by atoms with Crippen LogP contribution >= 0.6 is 0 Å². The Balaban J connectivity index is 2.63. The number of aryl methyl sites for hydroxylation is 2. The van der Waals surface area contributed by atoms with Gasteiger partial charge in [0.2, 0.25) is 0 Å². The van der Waals surface area contributed by atoms with Gasteiger partial charge in [0, 0.05) is 13.1 Å². The molecule has 0 heterocycles. The fourth-order valence-corrected chi connectivity index (χ4v) is 1.92. The lowest BCUT2D eigenvalue weighted by Crippen LogP contribution is -2.21. The lowest BCUT2D eigenvalue weighted by molar-refractivity contribution is 0.411. The third-order valence-corrected chi connectivity index (χ3v) is 3.23. The van der Waals surface area contributed by atoms with Crippen molar-refractivity contribution in [1.82, 2.24) is 5.32 Å². The smallest absolute Gasteiger partial charge is 0.122 e. The summed E-state index contributed by atoms with van der Waals surface area (Å²) in [7, 11) is 1.69. The molecule has 1 atom stereocenters. The van der Waals surface area contributed by atoms with Crippen molar-refractivity contribution in [3.8, 4) is 11.8 Å². The van der Waals surface area contributed by atoms with Crippen LogP contribution in [0.25, 0.3) is 0 Å². The van der Waals surface area contributed by atoms with Crippen LogP contribution in [0.15, 0.2) is 12.1 Å². The fourth-order valence-electron chi connectivity index (χ4n) is 1.92. The summed E-state index contributed by atoms with van der Waals surface area (Å²) < 4.78 is 5.29. The van der Waals surface area contributed by atoms with Crippen LogP contribution in [0.3, 0.4) is 0 Å². The molecule has 0 bridgehead atoms. The Morgan fingerprint density at radius 1 is 1.33 bits per heavy atom. The lowest BCUT2D eigenvalue weighted by Gasteiger charge is -2.13. The van der Waals surface area contributed by atoms with Crippen LogP contribution in [0.4, 0.5) is 0 Å². The summed E-state index contributed by atoms with van der Waals surface area (Å²) in [6.45, 7) is 7.72. The maximum absolute atomic E-state index is 8.88. The molecule has 1 unspecified atom stereocenters. The topological polar surface area (TPSA) is 45.0 Å². The zero-order valence-electron chi connectivity index (χ0n) is 11.7.